The molecular formula is C26H36N2O4. The molecule has 6 heteroatoms. The summed E-state index contributed by atoms with van der Waals surface area (Å²) in [5.74, 6) is 1.26. The van der Waals surface area contributed by atoms with E-state index in [1.165, 1.54) is 0 Å². The summed E-state index contributed by atoms with van der Waals surface area (Å²) in [6.45, 7) is 7.56. The maximum Gasteiger partial charge on any atom is 0.254 e. The van der Waals surface area contributed by atoms with Gasteiger partial charge in [0.05, 0.1) is 6.61 Å². The summed E-state index contributed by atoms with van der Waals surface area (Å²) in [5, 5.41) is 3.42. The van der Waals surface area contributed by atoms with E-state index in [0.29, 0.717) is 36.9 Å². The van der Waals surface area contributed by atoms with Gasteiger partial charge in [-0.05, 0) is 57.0 Å². The molecule has 174 valence electrons. The van der Waals surface area contributed by atoms with Crippen LogP contribution in [-0.4, -0.2) is 56.3 Å². The molecule has 0 aromatic heterocycles. The van der Waals surface area contributed by atoms with Crippen LogP contribution in [0.2, 0.25) is 0 Å². The number of amides is 1. The lowest BCUT2D eigenvalue weighted by Crippen LogP contribution is -2.51. The fourth-order valence-corrected chi connectivity index (χ4v) is 4.04. The molecule has 1 atom stereocenters. The van der Waals surface area contributed by atoms with E-state index >= 15 is 0 Å². The highest BCUT2D eigenvalue weighted by Gasteiger charge is 2.29. The van der Waals surface area contributed by atoms with Crippen LogP contribution in [0.3, 0.4) is 0 Å². The Hall–Kier alpha value is -2.57. The first-order chi connectivity index (χ1) is 15.6. The fraction of sp³-hybridized carbons (Fsp3) is 0.500. The highest BCUT2D eigenvalue weighted by molar-refractivity contribution is 5.95. The number of benzene rings is 2. The predicted molar refractivity (Wildman–Crippen MR) is 126 cm³/mol. The average molecular weight is 441 g/mol. The number of piperidine rings is 1. The quantitative estimate of drug-likeness (QED) is 0.529. The van der Waals surface area contributed by atoms with Gasteiger partial charge in [-0.3, -0.25) is 4.79 Å². The molecule has 1 saturated heterocycles. The Morgan fingerprint density at radius 2 is 1.91 bits per heavy atom. The number of carbonyl (C=O) groups excluding carboxylic acids is 1. The third-order valence-corrected chi connectivity index (χ3v) is 5.63. The van der Waals surface area contributed by atoms with Crippen molar-refractivity contribution in [3.05, 3.63) is 59.7 Å². The van der Waals surface area contributed by atoms with E-state index in [1.807, 2.05) is 53.4 Å². The molecule has 0 spiro atoms. The van der Waals surface area contributed by atoms with Crippen LogP contribution in [-0.2, 0) is 11.3 Å². The van der Waals surface area contributed by atoms with Crippen molar-refractivity contribution in [1.82, 2.24) is 10.2 Å². The first-order valence-electron chi connectivity index (χ1n) is 11.6. The Morgan fingerprint density at radius 1 is 1.09 bits per heavy atom. The third-order valence-electron chi connectivity index (χ3n) is 5.63. The van der Waals surface area contributed by atoms with Gasteiger partial charge in [0.15, 0.2) is 11.5 Å². The van der Waals surface area contributed by atoms with Crippen LogP contribution in [0, 0.1) is 0 Å². The van der Waals surface area contributed by atoms with Crippen LogP contribution < -0.4 is 14.8 Å². The molecular weight excluding hydrogens is 404 g/mol. The van der Waals surface area contributed by atoms with Crippen molar-refractivity contribution in [2.45, 2.75) is 51.8 Å². The van der Waals surface area contributed by atoms with Gasteiger partial charge in [0.1, 0.15) is 6.61 Å². The van der Waals surface area contributed by atoms with Crippen molar-refractivity contribution < 1.29 is 19.0 Å². The van der Waals surface area contributed by atoms with E-state index in [0.717, 1.165) is 37.9 Å². The van der Waals surface area contributed by atoms with Gasteiger partial charge in [0.25, 0.3) is 5.91 Å². The van der Waals surface area contributed by atoms with Crippen molar-refractivity contribution in [2.75, 3.05) is 33.4 Å². The van der Waals surface area contributed by atoms with Crippen molar-refractivity contribution in [1.29, 1.82) is 0 Å². The molecule has 0 aliphatic carbocycles. The molecule has 1 aliphatic heterocycles. The van der Waals surface area contributed by atoms with E-state index in [1.54, 1.807) is 7.11 Å². The second-order valence-corrected chi connectivity index (χ2v) is 8.44. The lowest BCUT2D eigenvalue weighted by atomic mass is 10.0. The van der Waals surface area contributed by atoms with Crippen LogP contribution in [0.25, 0.3) is 0 Å². The van der Waals surface area contributed by atoms with Crippen LogP contribution >= 0.6 is 0 Å². The second kappa shape index (κ2) is 12.5. The SMILES string of the molecule is COCCCOc1cc(C(=O)N(C(C)C)[C@@H]2CCCNC2)ccc1OCc1ccccc1. The van der Waals surface area contributed by atoms with Gasteiger partial charge in [-0.2, -0.15) is 0 Å². The maximum atomic E-state index is 13.5. The largest absolute Gasteiger partial charge is 0.490 e. The summed E-state index contributed by atoms with van der Waals surface area (Å²) in [7, 11) is 1.67. The Morgan fingerprint density at radius 3 is 2.59 bits per heavy atom. The van der Waals surface area contributed by atoms with Gasteiger partial charge in [-0.25, -0.2) is 0 Å². The number of rotatable bonds is 11. The molecule has 32 heavy (non-hydrogen) atoms. The van der Waals surface area contributed by atoms with Gasteiger partial charge in [0.2, 0.25) is 0 Å². The van der Waals surface area contributed by atoms with Gasteiger partial charge >= 0.3 is 0 Å². The molecule has 3 rings (SSSR count). The zero-order valence-corrected chi connectivity index (χ0v) is 19.5. The normalized spacial score (nSPS) is 16.1. The maximum absolute atomic E-state index is 13.5. The summed E-state index contributed by atoms with van der Waals surface area (Å²) in [5.41, 5.74) is 1.70. The fourth-order valence-electron chi connectivity index (χ4n) is 4.04. The Kier molecular flexibility index (Phi) is 9.38. The molecule has 1 fully saturated rings. The van der Waals surface area contributed by atoms with E-state index < -0.39 is 0 Å². The molecule has 1 N–H and O–H groups in total. The number of methoxy groups -OCH3 is 1. The summed E-state index contributed by atoms with van der Waals surface area (Å²) in [6.07, 6.45) is 2.87. The van der Waals surface area contributed by atoms with Crippen molar-refractivity contribution in [3.8, 4) is 11.5 Å². The molecule has 0 unspecified atom stereocenters. The molecule has 0 bridgehead atoms. The highest BCUT2D eigenvalue weighted by Crippen LogP contribution is 2.31. The first-order valence-corrected chi connectivity index (χ1v) is 11.6. The zero-order chi connectivity index (χ0) is 22.8. The molecule has 0 saturated carbocycles. The van der Waals surface area contributed by atoms with Crippen molar-refractivity contribution in [2.24, 2.45) is 0 Å². The van der Waals surface area contributed by atoms with E-state index in [2.05, 4.69) is 19.2 Å². The number of nitrogens with zero attached hydrogens (tertiary/aromatic N) is 1. The molecule has 2 aromatic rings. The standard InChI is InChI=1S/C26H36N2O4/c1-20(2)28(23-11-7-14-27-18-23)26(29)22-12-13-24(25(17-22)31-16-8-15-30-3)32-19-21-9-5-4-6-10-21/h4-6,9-10,12-13,17,20,23,27H,7-8,11,14-16,18-19H2,1-3H3/t23-/m1/s1. The van der Waals surface area contributed by atoms with Gasteiger partial charge in [-0.15, -0.1) is 0 Å². The highest BCUT2D eigenvalue weighted by atomic mass is 16.5. The topological polar surface area (TPSA) is 60.0 Å². The Balaban J connectivity index is 1.79. The van der Waals surface area contributed by atoms with E-state index in [9.17, 15) is 4.79 Å². The van der Waals surface area contributed by atoms with Crippen molar-refractivity contribution >= 4 is 5.91 Å². The lowest BCUT2D eigenvalue weighted by Gasteiger charge is -2.37. The van der Waals surface area contributed by atoms with Crippen LogP contribution in [0.1, 0.15) is 49.0 Å². The van der Waals surface area contributed by atoms with E-state index in [4.69, 9.17) is 14.2 Å². The summed E-state index contributed by atoms with van der Waals surface area (Å²) < 4.78 is 17.2. The molecule has 0 radical (unpaired) electrons. The molecule has 6 nitrogen and oxygen atoms in total. The van der Waals surface area contributed by atoms with Gasteiger partial charge in [0, 0.05) is 44.3 Å². The monoisotopic (exact) mass is 440 g/mol. The molecule has 2 aromatic carbocycles. The number of carbonyl (C=O) groups is 1. The average Bonchev–Trinajstić information content (AvgIpc) is 2.82. The second-order valence-electron chi connectivity index (χ2n) is 8.44. The van der Waals surface area contributed by atoms with E-state index in [-0.39, 0.29) is 18.0 Å². The smallest absolute Gasteiger partial charge is 0.254 e. The summed E-state index contributed by atoms with van der Waals surface area (Å²) in [4.78, 5) is 15.5. The Bertz CT molecular complexity index is 835. The lowest BCUT2D eigenvalue weighted by molar-refractivity contribution is 0.0573. The summed E-state index contributed by atoms with van der Waals surface area (Å²) in [6, 6.07) is 15.8. The number of nitrogens with one attached hydrogen (secondary N) is 1. The van der Waals surface area contributed by atoms with Crippen LogP contribution in [0.5, 0.6) is 11.5 Å². The van der Waals surface area contributed by atoms with Crippen LogP contribution in [0.15, 0.2) is 48.5 Å². The third kappa shape index (κ3) is 6.71. The number of hydrogen-bond donors (Lipinski definition) is 1. The Labute approximate surface area is 191 Å². The molecule has 1 amide bonds. The minimum atomic E-state index is 0.0325. The van der Waals surface area contributed by atoms with Crippen molar-refractivity contribution in [3.63, 3.8) is 0 Å². The van der Waals surface area contributed by atoms with Gasteiger partial charge < -0.3 is 24.4 Å². The molecule has 1 heterocycles. The predicted octanol–water partition coefficient (Wildman–Crippen LogP) is 4.28. The molecule has 1 aliphatic rings. The minimum Gasteiger partial charge on any atom is -0.490 e. The summed E-state index contributed by atoms with van der Waals surface area (Å²) >= 11 is 0. The minimum absolute atomic E-state index is 0.0325. The zero-order valence-electron chi connectivity index (χ0n) is 19.5. The van der Waals surface area contributed by atoms with Crippen LogP contribution in [0.4, 0.5) is 0 Å². The first kappa shape index (κ1) is 24.1. The number of ether oxygens (including phenoxy) is 3. The number of hydrogen-bond acceptors (Lipinski definition) is 5. The van der Waals surface area contributed by atoms with Gasteiger partial charge in [-0.1, -0.05) is 30.3 Å².